The molecule has 25 heavy (non-hydrogen) atoms. The van der Waals surface area contributed by atoms with Gasteiger partial charge in [0.05, 0.1) is 7.11 Å². The molecule has 1 aliphatic heterocycles. The molecular weight excluding hydrogens is 344 g/mol. The highest BCUT2D eigenvalue weighted by atomic mass is 35.5. The number of nitrogens with one attached hydrogen (secondary N) is 1. The van der Waals surface area contributed by atoms with E-state index in [1.165, 1.54) is 26.3 Å². The van der Waals surface area contributed by atoms with E-state index in [-0.39, 0.29) is 5.56 Å². The van der Waals surface area contributed by atoms with Gasteiger partial charge in [-0.15, -0.1) is 0 Å². The van der Waals surface area contributed by atoms with E-state index in [9.17, 15) is 14.4 Å². The Labute approximate surface area is 149 Å². The van der Waals surface area contributed by atoms with Crippen LogP contribution >= 0.6 is 11.6 Å². The predicted molar refractivity (Wildman–Crippen MR) is 92.9 cm³/mol. The van der Waals surface area contributed by atoms with Crippen molar-refractivity contribution in [3.8, 4) is 5.75 Å². The molecule has 6 nitrogen and oxygen atoms in total. The summed E-state index contributed by atoms with van der Waals surface area (Å²) in [6.45, 7) is 0. The summed E-state index contributed by atoms with van der Waals surface area (Å²) in [4.78, 5) is 38.5. The van der Waals surface area contributed by atoms with Crippen LogP contribution in [0.4, 0.5) is 5.69 Å². The second-order valence-electron chi connectivity index (χ2n) is 5.59. The topological polar surface area (TPSA) is 75.7 Å². The molecule has 0 spiro atoms. The highest BCUT2D eigenvalue weighted by Crippen LogP contribution is 2.32. The predicted octanol–water partition coefficient (Wildman–Crippen LogP) is 2.68. The Morgan fingerprint density at radius 1 is 1.20 bits per heavy atom. The van der Waals surface area contributed by atoms with E-state index in [1.807, 2.05) is 0 Å². The van der Waals surface area contributed by atoms with Crippen LogP contribution in [-0.4, -0.2) is 36.8 Å². The highest BCUT2D eigenvalue weighted by molar-refractivity contribution is 6.31. The van der Waals surface area contributed by atoms with E-state index in [0.29, 0.717) is 22.0 Å². The number of anilines is 1. The van der Waals surface area contributed by atoms with Gasteiger partial charge in [0, 0.05) is 29.4 Å². The summed E-state index contributed by atoms with van der Waals surface area (Å²) in [7, 11) is 2.87. The van der Waals surface area contributed by atoms with E-state index in [4.69, 9.17) is 16.3 Å². The largest absolute Gasteiger partial charge is 0.497 e. The smallest absolute Gasteiger partial charge is 0.260 e. The zero-order valence-corrected chi connectivity index (χ0v) is 14.3. The first kappa shape index (κ1) is 17.0. The fourth-order valence-electron chi connectivity index (χ4n) is 2.74. The molecule has 0 aliphatic carbocycles. The number of hydrogen-bond donors (Lipinski definition) is 1. The number of carbonyl (C=O) groups excluding carboxylic acids is 3. The Morgan fingerprint density at radius 3 is 2.68 bits per heavy atom. The lowest BCUT2D eigenvalue weighted by Gasteiger charge is -2.29. The third kappa shape index (κ3) is 3.08. The van der Waals surface area contributed by atoms with Crippen LogP contribution in [0.2, 0.25) is 5.02 Å². The minimum absolute atomic E-state index is 0.250. The number of imide groups is 1. The molecule has 2 aromatic carbocycles. The molecule has 0 saturated carbocycles. The van der Waals surface area contributed by atoms with Crippen LogP contribution < -0.4 is 10.1 Å². The summed E-state index contributed by atoms with van der Waals surface area (Å²) >= 11 is 5.95. The molecule has 0 saturated heterocycles. The number of nitrogens with zero attached hydrogens (tertiary/aromatic N) is 1. The lowest BCUT2D eigenvalue weighted by molar-refractivity contribution is -0.134. The van der Waals surface area contributed by atoms with Gasteiger partial charge in [0.1, 0.15) is 11.7 Å². The molecule has 1 atom stereocenters. The minimum atomic E-state index is -1.12. The number of carbonyl (C=O) groups is 3. The number of methoxy groups -OCH3 is 1. The van der Waals surface area contributed by atoms with Gasteiger partial charge in [0.15, 0.2) is 0 Å². The molecule has 0 aromatic heterocycles. The van der Waals surface area contributed by atoms with E-state index >= 15 is 0 Å². The summed E-state index contributed by atoms with van der Waals surface area (Å²) in [6.07, 6.45) is 0. The van der Waals surface area contributed by atoms with Crippen LogP contribution in [0.5, 0.6) is 5.75 Å². The summed E-state index contributed by atoms with van der Waals surface area (Å²) in [5.41, 5.74) is 1.09. The van der Waals surface area contributed by atoms with Crippen LogP contribution in [0.1, 0.15) is 21.8 Å². The molecule has 0 bridgehead atoms. The van der Waals surface area contributed by atoms with Gasteiger partial charge in [0.25, 0.3) is 5.91 Å². The molecular formula is C18H15ClN2O4. The van der Waals surface area contributed by atoms with Gasteiger partial charge in [-0.25, -0.2) is 0 Å². The fraction of sp³-hybridized carbons (Fsp3) is 0.167. The summed E-state index contributed by atoms with van der Waals surface area (Å²) in [5, 5.41) is 3.06. The van der Waals surface area contributed by atoms with Crippen LogP contribution in [0.15, 0.2) is 42.5 Å². The summed E-state index contributed by atoms with van der Waals surface area (Å²) in [6, 6.07) is 11.3. The normalized spacial score (nSPS) is 16.4. The van der Waals surface area contributed by atoms with Crippen molar-refractivity contribution in [1.82, 2.24) is 4.90 Å². The fourth-order valence-corrected chi connectivity index (χ4v) is 2.91. The molecule has 7 heteroatoms. The van der Waals surface area contributed by atoms with Crippen LogP contribution in [0, 0.1) is 0 Å². The van der Waals surface area contributed by atoms with Gasteiger partial charge in [-0.1, -0.05) is 23.7 Å². The lowest BCUT2D eigenvalue weighted by atomic mass is 9.88. The van der Waals surface area contributed by atoms with E-state index in [1.54, 1.807) is 30.3 Å². The molecule has 2 aromatic rings. The zero-order valence-electron chi connectivity index (χ0n) is 13.6. The molecule has 0 fully saturated rings. The van der Waals surface area contributed by atoms with Crippen molar-refractivity contribution < 1.29 is 19.1 Å². The van der Waals surface area contributed by atoms with Crippen molar-refractivity contribution in [2.45, 2.75) is 5.92 Å². The van der Waals surface area contributed by atoms with Gasteiger partial charge in [-0.2, -0.15) is 0 Å². The standard InChI is InChI=1S/C18H15ClN2O4/c1-21-17(23)14-8-10(19)6-7-13(14)15(18(21)24)16(22)20-11-4-3-5-12(9-11)25-2/h3-9,15H,1-2H3,(H,20,22). The van der Waals surface area contributed by atoms with Gasteiger partial charge >= 0.3 is 0 Å². The maximum absolute atomic E-state index is 12.7. The summed E-state index contributed by atoms with van der Waals surface area (Å²) < 4.78 is 5.12. The van der Waals surface area contributed by atoms with Crippen molar-refractivity contribution in [3.05, 3.63) is 58.6 Å². The first-order chi connectivity index (χ1) is 11.9. The van der Waals surface area contributed by atoms with E-state index < -0.39 is 23.6 Å². The Hall–Kier alpha value is -2.86. The number of amides is 3. The highest BCUT2D eigenvalue weighted by Gasteiger charge is 2.41. The second kappa shape index (κ2) is 6.57. The monoisotopic (exact) mass is 358 g/mol. The van der Waals surface area contributed by atoms with Crippen molar-refractivity contribution in [1.29, 1.82) is 0 Å². The molecule has 1 unspecified atom stereocenters. The summed E-state index contributed by atoms with van der Waals surface area (Å²) in [5.74, 6) is -2.14. The maximum Gasteiger partial charge on any atom is 0.260 e. The number of benzene rings is 2. The average Bonchev–Trinajstić information content (AvgIpc) is 2.60. The maximum atomic E-state index is 12.7. The molecule has 0 radical (unpaired) electrons. The van der Waals surface area contributed by atoms with Gasteiger partial charge in [0.2, 0.25) is 11.8 Å². The van der Waals surface area contributed by atoms with Crippen LogP contribution in [-0.2, 0) is 9.59 Å². The Bertz CT molecular complexity index is 881. The van der Waals surface area contributed by atoms with Gasteiger partial charge in [-0.05, 0) is 29.8 Å². The zero-order chi connectivity index (χ0) is 18.1. The minimum Gasteiger partial charge on any atom is -0.497 e. The molecule has 3 amide bonds. The Morgan fingerprint density at radius 2 is 1.96 bits per heavy atom. The van der Waals surface area contributed by atoms with Crippen molar-refractivity contribution in [2.24, 2.45) is 0 Å². The first-order valence-corrected chi connectivity index (χ1v) is 7.86. The quantitative estimate of drug-likeness (QED) is 0.676. The molecule has 128 valence electrons. The van der Waals surface area contributed by atoms with Crippen molar-refractivity contribution >= 4 is 35.0 Å². The number of fused-ring (bicyclic) bond motifs is 1. The molecule has 3 rings (SSSR count). The number of likely N-dealkylation sites (N-methyl/N-ethyl adjacent to an activating group) is 1. The number of hydrogen-bond acceptors (Lipinski definition) is 4. The molecule has 1 N–H and O–H groups in total. The van der Waals surface area contributed by atoms with Gasteiger partial charge in [-0.3, -0.25) is 19.3 Å². The second-order valence-corrected chi connectivity index (χ2v) is 6.02. The van der Waals surface area contributed by atoms with Crippen molar-refractivity contribution in [3.63, 3.8) is 0 Å². The third-order valence-corrected chi connectivity index (χ3v) is 4.27. The Kier molecular flexibility index (Phi) is 4.46. The number of halogens is 1. The first-order valence-electron chi connectivity index (χ1n) is 7.48. The lowest BCUT2D eigenvalue weighted by Crippen LogP contribution is -2.46. The average molecular weight is 359 g/mol. The number of rotatable bonds is 3. The van der Waals surface area contributed by atoms with Crippen LogP contribution in [0.25, 0.3) is 0 Å². The number of ether oxygens (including phenoxy) is 1. The molecule has 1 aliphatic rings. The van der Waals surface area contributed by atoms with Crippen LogP contribution in [0.3, 0.4) is 0 Å². The van der Waals surface area contributed by atoms with E-state index in [2.05, 4.69) is 5.32 Å². The van der Waals surface area contributed by atoms with Gasteiger partial charge < -0.3 is 10.1 Å². The SMILES string of the molecule is COc1cccc(NC(=O)C2C(=O)N(C)C(=O)c3cc(Cl)ccc32)c1. The Balaban J connectivity index is 1.97. The van der Waals surface area contributed by atoms with Crippen molar-refractivity contribution in [2.75, 3.05) is 19.5 Å². The molecule has 1 heterocycles. The van der Waals surface area contributed by atoms with E-state index in [0.717, 1.165) is 4.90 Å². The third-order valence-electron chi connectivity index (χ3n) is 4.04.